The van der Waals surface area contributed by atoms with Gasteiger partial charge in [-0.2, -0.15) is 0 Å². The lowest BCUT2D eigenvalue weighted by Crippen LogP contribution is -2.32. The van der Waals surface area contributed by atoms with Gasteiger partial charge >= 0.3 is 0 Å². The van der Waals surface area contributed by atoms with E-state index >= 15 is 0 Å². The van der Waals surface area contributed by atoms with Crippen LogP contribution in [-0.4, -0.2) is 19.9 Å². The van der Waals surface area contributed by atoms with E-state index in [0.717, 1.165) is 24.8 Å². The fourth-order valence-corrected chi connectivity index (χ4v) is 3.82. The molecule has 4 nitrogen and oxygen atoms in total. The van der Waals surface area contributed by atoms with E-state index in [4.69, 9.17) is 10.2 Å². The molecule has 1 fully saturated rings. The van der Waals surface area contributed by atoms with Crippen molar-refractivity contribution in [3.63, 3.8) is 0 Å². The van der Waals surface area contributed by atoms with Crippen LogP contribution in [0.2, 0.25) is 0 Å². The van der Waals surface area contributed by atoms with Gasteiger partial charge in [-0.05, 0) is 31.2 Å². The Morgan fingerprint density at radius 3 is 2.82 bits per heavy atom. The van der Waals surface area contributed by atoms with Crippen LogP contribution in [0.15, 0.2) is 23.0 Å². The molecule has 0 aliphatic heterocycles. The molecule has 3 atom stereocenters. The van der Waals surface area contributed by atoms with Crippen LogP contribution in [0.25, 0.3) is 0 Å². The summed E-state index contributed by atoms with van der Waals surface area (Å²) in [6.45, 7) is 0. The van der Waals surface area contributed by atoms with Gasteiger partial charge in [0.15, 0.2) is 0 Å². The zero-order chi connectivity index (χ0) is 12.5. The van der Waals surface area contributed by atoms with Crippen LogP contribution in [0, 0.1) is 5.92 Å². The zero-order valence-corrected chi connectivity index (χ0v) is 10.8. The average Bonchev–Trinajstić information content (AvgIpc) is 2.80. The lowest BCUT2D eigenvalue weighted by atomic mass is 9.82. The van der Waals surface area contributed by atoms with E-state index in [2.05, 4.69) is 0 Å². The second-order valence-corrected chi connectivity index (χ2v) is 7.29. The predicted octanol–water partition coefficient (Wildman–Crippen LogP) is 1.88. The zero-order valence-electron chi connectivity index (χ0n) is 10.0. The van der Waals surface area contributed by atoms with Crippen molar-refractivity contribution in [2.75, 3.05) is 6.26 Å². The molecule has 5 heteroatoms. The van der Waals surface area contributed by atoms with Gasteiger partial charge in [-0.3, -0.25) is 0 Å². The monoisotopic (exact) mass is 257 g/mol. The predicted molar refractivity (Wildman–Crippen MR) is 66.2 cm³/mol. The van der Waals surface area contributed by atoms with Gasteiger partial charge in [-0.25, -0.2) is 8.42 Å². The van der Waals surface area contributed by atoms with Crippen LogP contribution < -0.4 is 5.73 Å². The van der Waals surface area contributed by atoms with Crippen LogP contribution in [-0.2, 0) is 9.84 Å². The molecule has 2 N–H and O–H groups in total. The molecule has 0 saturated heterocycles. The van der Waals surface area contributed by atoms with E-state index in [1.165, 1.54) is 6.26 Å². The molecule has 96 valence electrons. The third-order valence-electron chi connectivity index (χ3n) is 3.71. The summed E-state index contributed by atoms with van der Waals surface area (Å²) in [5.41, 5.74) is 7.13. The Hall–Kier alpha value is -0.810. The van der Waals surface area contributed by atoms with E-state index in [1.54, 1.807) is 12.5 Å². The highest BCUT2D eigenvalue weighted by molar-refractivity contribution is 7.91. The van der Waals surface area contributed by atoms with E-state index in [1.807, 2.05) is 6.07 Å². The Morgan fingerprint density at radius 1 is 1.47 bits per heavy atom. The maximum Gasteiger partial charge on any atom is 0.150 e. The summed E-state index contributed by atoms with van der Waals surface area (Å²) in [6.07, 6.45) is 7.95. The van der Waals surface area contributed by atoms with Gasteiger partial charge in [0.05, 0.1) is 17.8 Å². The summed E-state index contributed by atoms with van der Waals surface area (Å²) in [6, 6.07) is 1.74. The van der Waals surface area contributed by atoms with E-state index in [9.17, 15) is 8.42 Å². The number of hydrogen-bond acceptors (Lipinski definition) is 4. The highest BCUT2D eigenvalue weighted by atomic mass is 32.2. The summed E-state index contributed by atoms with van der Waals surface area (Å²) >= 11 is 0. The Bertz CT molecular complexity index is 452. The topological polar surface area (TPSA) is 73.3 Å². The third kappa shape index (κ3) is 2.90. The molecule has 0 spiro atoms. The average molecular weight is 257 g/mol. The van der Waals surface area contributed by atoms with Crippen LogP contribution in [0.1, 0.15) is 37.3 Å². The fourth-order valence-electron chi connectivity index (χ4n) is 2.63. The van der Waals surface area contributed by atoms with Crippen molar-refractivity contribution in [3.8, 4) is 0 Å². The van der Waals surface area contributed by atoms with Gasteiger partial charge in [0.2, 0.25) is 0 Å². The second-order valence-electron chi connectivity index (χ2n) is 4.96. The van der Waals surface area contributed by atoms with Gasteiger partial charge in [-0.1, -0.05) is 6.42 Å². The summed E-state index contributed by atoms with van der Waals surface area (Å²) in [4.78, 5) is 0. The smallest absolute Gasteiger partial charge is 0.150 e. The molecule has 1 aromatic heterocycles. The van der Waals surface area contributed by atoms with Gasteiger partial charge in [0, 0.05) is 17.9 Å². The minimum atomic E-state index is -2.94. The first-order valence-corrected chi connectivity index (χ1v) is 7.90. The van der Waals surface area contributed by atoms with Crippen molar-refractivity contribution in [3.05, 3.63) is 24.2 Å². The van der Waals surface area contributed by atoms with Crippen LogP contribution in [0.5, 0.6) is 0 Å². The van der Waals surface area contributed by atoms with E-state index in [0.29, 0.717) is 6.42 Å². The molecule has 1 saturated carbocycles. The first-order valence-electron chi connectivity index (χ1n) is 5.95. The molecule has 1 aromatic rings. The van der Waals surface area contributed by atoms with Crippen LogP contribution in [0.4, 0.5) is 0 Å². The Balaban J connectivity index is 2.07. The normalized spacial score (nSPS) is 27.9. The number of hydrogen-bond donors (Lipinski definition) is 1. The molecule has 1 heterocycles. The number of nitrogens with two attached hydrogens (primary N) is 1. The summed E-state index contributed by atoms with van der Waals surface area (Å²) in [5, 5.41) is -0.223. The molecule has 2 rings (SSSR count). The van der Waals surface area contributed by atoms with Gasteiger partial charge in [0.25, 0.3) is 0 Å². The molecule has 3 unspecified atom stereocenters. The molecule has 17 heavy (non-hydrogen) atoms. The Labute approximate surface area is 102 Å². The highest BCUT2D eigenvalue weighted by Crippen LogP contribution is 2.35. The quantitative estimate of drug-likeness (QED) is 0.897. The molecular weight excluding hydrogens is 238 g/mol. The van der Waals surface area contributed by atoms with Crippen LogP contribution >= 0.6 is 0 Å². The number of sulfone groups is 1. The highest BCUT2D eigenvalue weighted by Gasteiger charge is 2.32. The number of rotatable bonds is 3. The fraction of sp³-hybridized carbons (Fsp3) is 0.667. The molecule has 1 aliphatic rings. The van der Waals surface area contributed by atoms with E-state index < -0.39 is 9.84 Å². The Morgan fingerprint density at radius 2 is 2.24 bits per heavy atom. The van der Waals surface area contributed by atoms with Crippen molar-refractivity contribution in [2.24, 2.45) is 11.7 Å². The van der Waals surface area contributed by atoms with Gasteiger partial charge in [-0.15, -0.1) is 0 Å². The minimum Gasteiger partial charge on any atom is -0.472 e. The molecule has 1 aliphatic carbocycles. The van der Waals surface area contributed by atoms with Gasteiger partial charge in [0.1, 0.15) is 9.84 Å². The summed E-state index contributed by atoms with van der Waals surface area (Å²) in [5.74, 6) is 0.237. The standard InChI is InChI=1S/C12H19NO3S/c1-17(14,15)11-4-2-3-9(7-11)12(13)10-5-6-16-8-10/h5-6,8-9,11-12H,2-4,7,13H2,1H3. The van der Waals surface area contributed by atoms with Crippen molar-refractivity contribution >= 4 is 9.84 Å². The maximum atomic E-state index is 11.6. The lowest BCUT2D eigenvalue weighted by Gasteiger charge is -2.31. The third-order valence-corrected chi connectivity index (χ3v) is 5.35. The van der Waals surface area contributed by atoms with Crippen molar-refractivity contribution in [1.82, 2.24) is 0 Å². The second kappa shape index (κ2) is 4.82. The largest absolute Gasteiger partial charge is 0.472 e. The summed E-state index contributed by atoms with van der Waals surface area (Å²) in [7, 11) is -2.94. The Kier molecular flexibility index (Phi) is 3.58. The van der Waals surface area contributed by atoms with Crippen molar-refractivity contribution < 1.29 is 12.8 Å². The maximum absolute atomic E-state index is 11.6. The number of furan rings is 1. The summed E-state index contributed by atoms with van der Waals surface area (Å²) < 4.78 is 28.2. The van der Waals surface area contributed by atoms with E-state index in [-0.39, 0.29) is 17.2 Å². The lowest BCUT2D eigenvalue weighted by molar-refractivity contribution is 0.308. The molecular formula is C12H19NO3S. The molecule has 0 bridgehead atoms. The molecule has 0 amide bonds. The van der Waals surface area contributed by atoms with Crippen molar-refractivity contribution in [1.29, 1.82) is 0 Å². The molecule has 0 aromatic carbocycles. The molecule has 0 radical (unpaired) electrons. The first-order chi connectivity index (χ1) is 7.98. The SMILES string of the molecule is CS(=O)(=O)C1CCCC(C(N)c2ccoc2)C1. The first kappa shape index (κ1) is 12.6. The van der Waals surface area contributed by atoms with Gasteiger partial charge < -0.3 is 10.2 Å². The van der Waals surface area contributed by atoms with Crippen molar-refractivity contribution in [2.45, 2.75) is 37.0 Å². The minimum absolute atomic E-state index is 0.113. The van der Waals surface area contributed by atoms with Crippen LogP contribution in [0.3, 0.4) is 0 Å².